The molecular formula is C39H42Br2N6O5. The van der Waals surface area contributed by atoms with E-state index in [0.29, 0.717) is 56.7 Å². The van der Waals surface area contributed by atoms with Crippen LogP contribution in [0.1, 0.15) is 60.5 Å². The molecule has 0 radical (unpaired) electrons. The fourth-order valence-corrected chi connectivity index (χ4v) is 8.44. The quantitative estimate of drug-likeness (QED) is 0.118. The van der Waals surface area contributed by atoms with Crippen LogP contribution in [0, 0.1) is 0 Å². The van der Waals surface area contributed by atoms with Crippen molar-refractivity contribution in [2.75, 3.05) is 27.3 Å². The number of nitrogens with zero attached hydrogens (tertiary/aromatic N) is 2. The van der Waals surface area contributed by atoms with E-state index in [9.17, 15) is 9.59 Å². The van der Waals surface area contributed by atoms with E-state index in [2.05, 4.69) is 89.5 Å². The summed E-state index contributed by atoms with van der Waals surface area (Å²) >= 11 is 7.63. The van der Waals surface area contributed by atoms with Crippen LogP contribution in [-0.4, -0.2) is 61.2 Å². The predicted octanol–water partition coefficient (Wildman–Crippen LogP) is 6.16. The number of pyridine rings is 2. The number of halogens is 2. The Labute approximate surface area is 320 Å². The molecule has 4 aromatic rings. The van der Waals surface area contributed by atoms with Gasteiger partial charge in [-0.05, 0) is 91.9 Å². The number of fused-ring (bicyclic) bond motifs is 1. The van der Waals surface area contributed by atoms with Crippen molar-refractivity contribution in [3.8, 4) is 40.0 Å². The molecule has 272 valence electrons. The van der Waals surface area contributed by atoms with Gasteiger partial charge in [0.25, 0.3) is 0 Å². The maximum atomic E-state index is 11.5. The number of aromatic nitrogens is 2. The van der Waals surface area contributed by atoms with Gasteiger partial charge in [-0.15, -0.1) is 0 Å². The van der Waals surface area contributed by atoms with Gasteiger partial charge in [0, 0.05) is 72.3 Å². The fourth-order valence-electron chi connectivity index (χ4n) is 7.30. The minimum absolute atomic E-state index is 0.107. The summed E-state index contributed by atoms with van der Waals surface area (Å²) in [7, 11) is 3.25. The molecule has 2 aromatic carbocycles. The topological polar surface area (TPSA) is 136 Å². The second kappa shape index (κ2) is 16.3. The molecule has 7 rings (SSSR count). The maximum Gasteiger partial charge on any atom is 0.231 e. The highest BCUT2D eigenvalue weighted by Crippen LogP contribution is 2.44. The third-order valence-corrected chi connectivity index (χ3v) is 11.3. The smallest absolute Gasteiger partial charge is 0.231 e. The Bertz CT molecular complexity index is 1980. The zero-order valence-electron chi connectivity index (χ0n) is 29.2. The van der Waals surface area contributed by atoms with Crippen LogP contribution in [0.3, 0.4) is 0 Å². The Balaban J connectivity index is 1.06. The minimum Gasteiger partial charge on any atom is -0.481 e. The largest absolute Gasteiger partial charge is 0.481 e. The number of carbonyl (C=O) groups excluding carboxylic acids is 2. The molecular weight excluding hydrogens is 792 g/mol. The van der Waals surface area contributed by atoms with Crippen LogP contribution < -0.4 is 35.5 Å². The molecule has 2 amide bonds. The lowest BCUT2D eigenvalue weighted by molar-refractivity contribution is -0.120. The normalized spacial score (nSPS) is 19.3. The van der Waals surface area contributed by atoms with E-state index in [1.54, 1.807) is 14.2 Å². The molecule has 2 aromatic heterocycles. The molecule has 13 heteroatoms. The van der Waals surface area contributed by atoms with Gasteiger partial charge in [-0.2, -0.15) is 4.98 Å². The van der Waals surface area contributed by atoms with Gasteiger partial charge in [-0.1, -0.05) is 42.5 Å². The van der Waals surface area contributed by atoms with E-state index in [1.807, 2.05) is 18.2 Å². The zero-order chi connectivity index (χ0) is 36.2. The predicted molar refractivity (Wildman–Crippen MR) is 205 cm³/mol. The number of amides is 2. The molecule has 3 aliphatic rings. The fraction of sp³-hybridized carbons (Fsp3) is 0.385. The number of nitrogens with one attached hydrogen (secondary N) is 4. The lowest BCUT2D eigenvalue weighted by Gasteiger charge is -2.19. The summed E-state index contributed by atoms with van der Waals surface area (Å²) in [5.41, 5.74) is 8.24. The Morgan fingerprint density at radius 1 is 0.731 bits per heavy atom. The molecule has 0 saturated carbocycles. The number of rotatable bonds is 14. The second-order valence-electron chi connectivity index (χ2n) is 13.4. The van der Waals surface area contributed by atoms with Crippen molar-refractivity contribution in [2.24, 2.45) is 0 Å². The Hall–Kier alpha value is -4.04. The summed E-state index contributed by atoms with van der Waals surface area (Å²) in [4.78, 5) is 32.7. The number of carbonyl (C=O) groups is 2. The van der Waals surface area contributed by atoms with Gasteiger partial charge in [0.15, 0.2) is 0 Å². The first kappa shape index (κ1) is 36.3. The van der Waals surface area contributed by atoms with E-state index in [1.165, 1.54) is 5.56 Å². The highest BCUT2D eigenvalue weighted by Gasteiger charge is 2.29. The van der Waals surface area contributed by atoms with E-state index < -0.39 is 0 Å². The lowest BCUT2D eigenvalue weighted by atomic mass is 9.95. The van der Waals surface area contributed by atoms with Crippen LogP contribution in [0.4, 0.5) is 0 Å². The Kier molecular flexibility index (Phi) is 11.4. The summed E-state index contributed by atoms with van der Waals surface area (Å²) in [5, 5.41) is 12.8. The monoisotopic (exact) mass is 832 g/mol. The summed E-state index contributed by atoms with van der Waals surface area (Å²) in [6, 6.07) is 19.0. The highest BCUT2D eigenvalue weighted by molar-refractivity contribution is 9.11. The molecule has 2 aliphatic heterocycles. The van der Waals surface area contributed by atoms with Crippen LogP contribution in [-0.2, 0) is 29.1 Å². The molecule has 2 saturated heterocycles. The average molecular weight is 835 g/mol. The first-order chi connectivity index (χ1) is 25.3. The van der Waals surface area contributed by atoms with E-state index in [0.717, 1.165) is 73.7 Å². The first-order valence-electron chi connectivity index (χ1n) is 17.7. The van der Waals surface area contributed by atoms with E-state index in [4.69, 9.17) is 24.2 Å². The highest BCUT2D eigenvalue weighted by atomic mass is 79.9. The van der Waals surface area contributed by atoms with Crippen molar-refractivity contribution in [1.82, 2.24) is 31.2 Å². The van der Waals surface area contributed by atoms with Crippen molar-refractivity contribution in [2.45, 2.75) is 69.8 Å². The SMILES string of the molecule is COc1nc(-c2cccc(-c3cccc4c3CC[C@@H]4Oc3nc(OC)c(CNC[C@@H]4CCC(=O)N4)cc3Br)c2Br)ccc1CNC[C@@H]1CCC(=O)N1. The van der Waals surface area contributed by atoms with Gasteiger partial charge >= 0.3 is 0 Å². The molecule has 0 bridgehead atoms. The summed E-state index contributed by atoms with van der Waals surface area (Å²) < 4.78 is 19.7. The van der Waals surface area contributed by atoms with Gasteiger partial charge in [0.1, 0.15) is 6.10 Å². The number of hydrogen-bond acceptors (Lipinski definition) is 9. The van der Waals surface area contributed by atoms with Gasteiger partial charge in [-0.3, -0.25) is 9.59 Å². The molecule has 4 heterocycles. The van der Waals surface area contributed by atoms with Crippen molar-refractivity contribution in [3.63, 3.8) is 0 Å². The van der Waals surface area contributed by atoms with Crippen LogP contribution in [0.25, 0.3) is 22.4 Å². The average Bonchev–Trinajstić information content (AvgIpc) is 3.89. The summed E-state index contributed by atoms with van der Waals surface area (Å²) in [6.45, 7) is 2.53. The van der Waals surface area contributed by atoms with Gasteiger partial charge in [-0.25, -0.2) is 4.98 Å². The van der Waals surface area contributed by atoms with Crippen LogP contribution in [0.5, 0.6) is 17.6 Å². The molecule has 4 N–H and O–H groups in total. The van der Waals surface area contributed by atoms with Crippen LogP contribution >= 0.6 is 31.9 Å². The molecule has 3 atom stereocenters. The third-order valence-electron chi connectivity index (χ3n) is 9.93. The molecule has 1 aliphatic carbocycles. The van der Waals surface area contributed by atoms with Gasteiger partial charge in [0.05, 0.1) is 24.4 Å². The van der Waals surface area contributed by atoms with E-state index >= 15 is 0 Å². The van der Waals surface area contributed by atoms with E-state index in [-0.39, 0.29) is 30.0 Å². The van der Waals surface area contributed by atoms with Crippen LogP contribution in [0.15, 0.2) is 63.5 Å². The standard InChI is InChI=1S/C39H42Br2N6O5/c1-50-37-22(18-42-20-24-10-15-34(48)44-24)9-13-32(46-37)30-8-4-7-29(36(30)41)26-5-3-6-28-27(26)12-14-33(28)52-39-31(40)17-23(38(47-39)51-2)19-43-21-25-11-16-35(49)45-25/h3-9,13,17,24-25,33,42-43H,10-12,14-16,18-21H2,1-2H3,(H,44,48)(H,45,49)/t24-,25-,33-/m0/s1. The zero-order valence-corrected chi connectivity index (χ0v) is 32.4. The van der Waals surface area contributed by atoms with Crippen molar-refractivity contribution in [1.29, 1.82) is 0 Å². The molecule has 2 fully saturated rings. The first-order valence-corrected chi connectivity index (χ1v) is 19.2. The number of benzene rings is 2. The Morgan fingerprint density at radius 3 is 2.04 bits per heavy atom. The molecule has 11 nitrogen and oxygen atoms in total. The van der Waals surface area contributed by atoms with Crippen LogP contribution in [0.2, 0.25) is 0 Å². The van der Waals surface area contributed by atoms with Gasteiger partial charge < -0.3 is 35.5 Å². The second-order valence-corrected chi connectivity index (χ2v) is 15.0. The Morgan fingerprint density at radius 2 is 1.37 bits per heavy atom. The molecule has 0 unspecified atom stereocenters. The van der Waals surface area contributed by atoms with Crippen molar-refractivity contribution >= 4 is 43.7 Å². The molecule has 0 spiro atoms. The number of methoxy groups -OCH3 is 2. The third kappa shape index (κ3) is 7.97. The number of hydrogen-bond donors (Lipinski definition) is 4. The lowest BCUT2D eigenvalue weighted by Crippen LogP contribution is -2.35. The summed E-state index contributed by atoms with van der Waals surface area (Å²) in [5.74, 6) is 1.78. The van der Waals surface area contributed by atoms with Crippen molar-refractivity contribution < 1.29 is 23.8 Å². The van der Waals surface area contributed by atoms with Crippen molar-refractivity contribution in [3.05, 3.63) is 85.8 Å². The maximum absolute atomic E-state index is 11.5. The minimum atomic E-state index is -0.169. The van der Waals surface area contributed by atoms with Gasteiger partial charge in [0.2, 0.25) is 29.5 Å². The number of ether oxygens (including phenoxy) is 3. The summed E-state index contributed by atoms with van der Waals surface area (Å²) in [6.07, 6.45) is 4.37. The molecule has 52 heavy (non-hydrogen) atoms.